The van der Waals surface area contributed by atoms with Gasteiger partial charge in [-0.05, 0) is 49.6 Å². The van der Waals surface area contributed by atoms with Gasteiger partial charge in [-0.1, -0.05) is 26.0 Å². The van der Waals surface area contributed by atoms with Gasteiger partial charge >= 0.3 is 0 Å². The van der Waals surface area contributed by atoms with Crippen molar-refractivity contribution in [2.75, 3.05) is 24.2 Å². The minimum Gasteiger partial charge on any atom is -0.497 e. The first-order valence-corrected chi connectivity index (χ1v) is 13.4. The predicted octanol–water partition coefficient (Wildman–Crippen LogP) is 3.46. The summed E-state index contributed by atoms with van der Waals surface area (Å²) >= 11 is 0. The van der Waals surface area contributed by atoms with E-state index >= 15 is 0 Å². The number of ether oxygens (including phenoxy) is 1. The molecule has 2 rings (SSSR count). The van der Waals surface area contributed by atoms with E-state index < -0.39 is 40.2 Å². The number of carbonyl (C=O) groups excluding carboxylic acids is 2. The van der Waals surface area contributed by atoms with Gasteiger partial charge in [0.25, 0.3) is 0 Å². The van der Waals surface area contributed by atoms with Crippen LogP contribution in [0.2, 0.25) is 0 Å². The lowest BCUT2D eigenvalue weighted by atomic mass is 10.1. The molecule has 0 saturated carbocycles. The van der Waals surface area contributed by atoms with Gasteiger partial charge in [-0.2, -0.15) is 0 Å². The van der Waals surface area contributed by atoms with E-state index in [-0.39, 0.29) is 30.6 Å². The molecule has 8 nitrogen and oxygen atoms in total. The number of hydrogen-bond donors (Lipinski definition) is 1. The van der Waals surface area contributed by atoms with Crippen LogP contribution in [0.25, 0.3) is 0 Å². The van der Waals surface area contributed by atoms with Crippen LogP contribution in [0.1, 0.15) is 39.2 Å². The normalized spacial score (nSPS) is 13.0. The second-order valence-electron chi connectivity index (χ2n) is 8.48. The third-order valence-corrected chi connectivity index (χ3v) is 6.91. The Morgan fingerprint density at radius 1 is 1.03 bits per heavy atom. The van der Waals surface area contributed by atoms with Crippen LogP contribution in [0.5, 0.6) is 5.75 Å². The fraction of sp³-hybridized carbons (Fsp3) is 0.440. The molecule has 0 unspecified atom stereocenters. The van der Waals surface area contributed by atoms with E-state index in [4.69, 9.17) is 4.74 Å². The number of benzene rings is 2. The van der Waals surface area contributed by atoms with E-state index in [0.29, 0.717) is 28.1 Å². The molecule has 0 saturated heterocycles. The highest BCUT2D eigenvalue weighted by molar-refractivity contribution is 7.92. The lowest BCUT2D eigenvalue weighted by molar-refractivity contribution is -0.140. The van der Waals surface area contributed by atoms with Crippen LogP contribution in [-0.2, 0) is 26.2 Å². The number of hydrogen-bond acceptors (Lipinski definition) is 5. The Morgan fingerprint density at radius 2 is 1.67 bits per heavy atom. The van der Waals surface area contributed by atoms with Gasteiger partial charge < -0.3 is 15.0 Å². The highest BCUT2D eigenvalue weighted by atomic mass is 32.2. The summed E-state index contributed by atoms with van der Waals surface area (Å²) < 4.78 is 58.2. The van der Waals surface area contributed by atoms with Crippen molar-refractivity contribution in [2.24, 2.45) is 0 Å². The van der Waals surface area contributed by atoms with Crippen molar-refractivity contribution in [3.8, 4) is 5.75 Å². The lowest BCUT2D eigenvalue weighted by Crippen LogP contribution is -2.53. The average molecular weight is 526 g/mol. The molecule has 198 valence electrons. The number of nitrogens with zero attached hydrogens (tertiary/aromatic N) is 2. The summed E-state index contributed by atoms with van der Waals surface area (Å²) in [5.41, 5.74) is 0.490. The quantitative estimate of drug-likeness (QED) is 0.458. The van der Waals surface area contributed by atoms with E-state index in [2.05, 4.69) is 5.32 Å². The van der Waals surface area contributed by atoms with Crippen LogP contribution in [0, 0.1) is 11.6 Å². The topological polar surface area (TPSA) is 96.0 Å². The summed E-state index contributed by atoms with van der Waals surface area (Å²) in [5.74, 6) is -2.82. The van der Waals surface area contributed by atoms with Gasteiger partial charge in [-0.25, -0.2) is 17.2 Å². The Balaban J connectivity index is 2.45. The number of methoxy groups -OCH3 is 1. The zero-order chi connectivity index (χ0) is 27.0. The van der Waals surface area contributed by atoms with Crippen LogP contribution in [-0.4, -0.2) is 57.1 Å². The smallest absolute Gasteiger partial charge is 0.244 e. The molecule has 2 atom stereocenters. The fourth-order valence-corrected chi connectivity index (χ4v) is 4.38. The Labute approximate surface area is 211 Å². The number of sulfonamides is 1. The second-order valence-corrected chi connectivity index (χ2v) is 10.4. The molecule has 0 bridgehead atoms. The highest BCUT2D eigenvalue weighted by Gasteiger charge is 2.32. The number of carbonyl (C=O) groups is 2. The van der Waals surface area contributed by atoms with Gasteiger partial charge in [0.1, 0.15) is 18.3 Å². The second kappa shape index (κ2) is 12.7. The van der Waals surface area contributed by atoms with Crippen molar-refractivity contribution in [3.05, 3.63) is 59.7 Å². The van der Waals surface area contributed by atoms with E-state index in [1.165, 1.54) is 12.0 Å². The minimum absolute atomic E-state index is 0.0185. The number of halogens is 2. The third-order valence-electron chi connectivity index (χ3n) is 5.77. The molecule has 36 heavy (non-hydrogen) atoms. The zero-order valence-electron chi connectivity index (χ0n) is 21.1. The van der Waals surface area contributed by atoms with E-state index in [0.717, 1.165) is 18.4 Å². The molecule has 2 aromatic carbocycles. The first-order valence-electron chi connectivity index (χ1n) is 11.6. The maximum Gasteiger partial charge on any atom is 0.244 e. The Morgan fingerprint density at radius 3 is 2.17 bits per heavy atom. The monoisotopic (exact) mass is 525 g/mol. The molecule has 0 fully saturated rings. The third kappa shape index (κ3) is 7.64. The van der Waals surface area contributed by atoms with Crippen LogP contribution in [0.15, 0.2) is 42.5 Å². The van der Waals surface area contributed by atoms with Crippen LogP contribution >= 0.6 is 0 Å². The van der Waals surface area contributed by atoms with Crippen molar-refractivity contribution >= 4 is 27.5 Å². The largest absolute Gasteiger partial charge is 0.497 e. The molecule has 0 aromatic heterocycles. The van der Waals surface area contributed by atoms with E-state index in [9.17, 15) is 26.8 Å². The number of nitrogens with one attached hydrogen (secondary N) is 1. The van der Waals surface area contributed by atoms with Gasteiger partial charge in [0.2, 0.25) is 21.8 Å². The van der Waals surface area contributed by atoms with Crippen LogP contribution in [0.4, 0.5) is 14.5 Å². The summed E-state index contributed by atoms with van der Waals surface area (Å²) in [7, 11) is -2.53. The highest BCUT2D eigenvalue weighted by Crippen LogP contribution is 2.22. The van der Waals surface area contributed by atoms with Crippen molar-refractivity contribution in [1.82, 2.24) is 10.2 Å². The molecule has 11 heteroatoms. The summed E-state index contributed by atoms with van der Waals surface area (Å²) in [6, 6.07) is 8.46. The Kier molecular flexibility index (Phi) is 10.2. The van der Waals surface area contributed by atoms with Crippen molar-refractivity contribution < 1.29 is 31.5 Å². The van der Waals surface area contributed by atoms with Crippen molar-refractivity contribution in [2.45, 2.75) is 52.2 Å². The van der Waals surface area contributed by atoms with Gasteiger partial charge in [0, 0.05) is 18.7 Å². The summed E-state index contributed by atoms with van der Waals surface area (Å²) in [6.07, 6.45) is 1.82. The average Bonchev–Trinajstić information content (AvgIpc) is 2.83. The summed E-state index contributed by atoms with van der Waals surface area (Å²) in [5, 5.41) is 2.87. The number of anilines is 1. The zero-order valence-corrected chi connectivity index (χ0v) is 21.9. The van der Waals surface area contributed by atoms with Crippen molar-refractivity contribution in [3.63, 3.8) is 0 Å². The molecular weight excluding hydrogens is 492 g/mol. The molecule has 0 spiro atoms. The lowest BCUT2D eigenvalue weighted by Gasteiger charge is -2.33. The van der Waals surface area contributed by atoms with Crippen molar-refractivity contribution in [1.29, 1.82) is 0 Å². The molecule has 2 aromatic rings. The van der Waals surface area contributed by atoms with E-state index in [1.54, 1.807) is 31.2 Å². The Hall–Kier alpha value is -3.21. The first kappa shape index (κ1) is 29.0. The molecule has 0 heterocycles. The van der Waals surface area contributed by atoms with Crippen LogP contribution < -0.4 is 14.4 Å². The Bertz CT molecular complexity index is 1160. The number of rotatable bonds is 12. The predicted molar refractivity (Wildman–Crippen MR) is 134 cm³/mol. The van der Waals surface area contributed by atoms with Gasteiger partial charge in [-0.3, -0.25) is 13.9 Å². The molecular formula is C25H33F2N3O5S. The minimum atomic E-state index is -4.05. The van der Waals surface area contributed by atoms with Gasteiger partial charge in [-0.15, -0.1) is 0 Å². The molecule has 0 radical (unpaired) electrons. The molecule has 0 aliphatic heterocycles. The SMILES string of the molecule is CC[C@H](C)NC(=O)[C@H](CC)N(Cc1ccc(OC)cc1)C(=O)CN(c1ccc(F)c(F)c1)S(C)(=O)=O. The van der Waals surface area contributed by atoms with E-state index in [1.807, 2.05) is 13.8 Å². The van der Waals surface area contributed by atoms with Gasteiger partial charge in [0.15, 0.2) is 11.6 Å². The van der Waals surface area contributed by atoms with Gasteiger partial charge in [0.05, 0.1) is 19.1 Å². The first-order chi connectivity index (χ1) is 16.9. The maximum atomic E-state index is 13.9. The molecule has 1 N–H and O–H groups in total. The fourth-order valence-electron chi connectivity index (χ4n) is 3.54. The molecule has 0 aliphatic rings. The molecule has 0 aliphatic carbocycles. The number of amides is 2. The molecule has 2 amide bonds. The summed E-state index contributed by atoms with van der Waals surface area (Å²) in [6.45, 7) is 4.82. The maximum absolute atomic E-state index is 13.9. The summed E-state index contributed by atoms with van der Waals surface area (Å²) in [4.78, 5) is 27.9. The standard InChI is InChI=1S/C25H33F2N3O5S/c1-6-17(3)28-25(32)23(7-2)29(15-18-8-11-20(35-4)12-9-18)24(31)16-30(36(5,33)34)19-10-13-21(26)22(27)14-19/h8-14,17,23H,6-7,15-16H2,1-5H3,(H,28,32)/t17-,23-/m0/s1. The van der Waals surface area contributed by atoms with Crippen LogP contribution in [0.3, 0.4) is 0 Å².